The second-order valence-corrected chi connectivity index (χ2v) is 7.13. The lowest BCUT2D eigenvalue weighted by atomic mass is 10.2. The van der Waals surface area contributed by atoms with Gasteiger partial charge in [0.2, 0.25) is 5.91 Å². The first-order valence-corrected chi connectivity index (χ1v) is 9.66. The van der Waals surface area contributed by atoms with E-state index in [0.29, 0.717) is 26.1 Å². The van der Waals surface area contributed by atoms with Gasteiger partial charge in [-0.1, -0.05) is 12.1 Å². The van der Waals surface area contributed by atoms with Crippen molar-refractivity contribution in [2.45, 2.75) is 33.4 Å². The van der Waals surface area contributed by atoms with E-state index in [1.54, 1.807) is 0 Å². The van der Waals surface area contributed by atoms with E-state index in [1.807, 2.05) is 55.1 Å². The number of carbonyl (C=O) groups excluding carboxylic acids is 1. The molecule has 3 heterocycles. The summed E-state index contributed by atoms with van der Waals surface area (Å²) in [5.74, 6) is 0.232. The van der Waals surface area contributed by atoms with Crippen LogP contribution in [0.3, 0.4) is 0 Å². The molecule has 6 heteroatoms. The van der Waals surface area contributed by atoms with Crippen molar-refractivity contribution in [1.29, 1.82) is 0 Å². The van der Waals surface area contributed by atoms with Crippen LogP contribution in [0, 0.1) is 13.8 Å². The van der Waals surface area contributed by atoms with Crippen molar-refractivity contribution < 1.29 is 4.79 Å². The lowest BCUT2D eigenvalue weighted by Crippen LogP contribution is -2.47. The number of aryl methyl sites for hydroxylation is 2. The summed E-state index contributed by atoms with van der Waals surface area (Å²) in [6.07, 6.45) is 0.525. The highest BCUT2D eigenvalue weighted by molar-refractivity contribution is 5.76. The molecule has 0 aliphatic carbocycles. The molecule has 6 nitrogen and oxygen atoms in total. The number of amides is 1. The topological polar surface area (TPSA) is 61.4 Å². The van der Waals surface area contributed by atoms with Crippen LogP contribution in [-0.4, -0.2) is 58.4 Å². The second-order valence-electron chi connectivity index (χ2n) is 7.13. The average molecular weight is 367 g/mol. The molecule has 0 spiro atoms. The normalized spacial score (nSPS) is 14.6. The number of piperazine rings is 1. The zero-order valence-electron chi connectivity index (χ0n) is 16.3. The van der Waals surface area contributed by atoms with Gasteiger partial charge in [-0.15, -0.1) is 0 Å². The molecule has 0 radical (unpaired) electrons. The van der Waals surface area contributed by atoms with Gasteiger partial charge in [-0.3, -0.25) is 19.7 Å². The number of rotatable bonds is 7. The number of hydrogen-bond donors (Lipinski definition) is 1. The van der Waals surface area contributed by atoms with Crippen LogP contribution in [0.5, 0.6) is 0 Å². The molecule has 0 bridgehead atoms. The molecule has 27 heavy (non-hydrogen) atoms. The molecule has 2 aromatic rings. The van der Waals surface area contributed by atoms with Gasteiger partial charge >= 0.3 is 0 Å². The molecule has 0 unspecified atom stereocenters. The highest BCUT2D eigenvalue weighted by Gasteiger charge is 2.18. The van der Waals surface area contributed by atoms with Crippen molar-refractivity contribution in [3.63, 3.8) is 0 Å². The van der Waals surface area contributed by atoms with Crippen molar-refractivity contribution in [2.75, 3.05) is 32.7 Å². The van der Waals surface area contributed by atoms with Crippen LogP contribution in [0.25, 0.3) is 0 Å². The highest BCUT2D eigenvalue weighted by Crippen LogP contribution is 2.10. The Morgan fingerprint density at radius 2 is 1.56 bits per heavy atom. The molecule has 144 valence electrons. The lowest BCUT2D eigenvalue weighted by molar-refractivity contribution is -0.132. The van der Waals surface area contributed by atoms with E-state index in [-0.39, 0.29) is 5.91 Å². The SMILES string of the molecule is Cc1cccc(CN(CCC(=O)N2CCNCC2)Cc2cccc(C)n2)n1. The fourth-order valence-electron chi connectivity index (χ4n) is 3.37. The quantitative estimate of drug-likeness (QED) is 0.810. The number of carbonyl (C=O) groups is 1. The summed E-state index contributed by atoms with van der Waals surface area (Å²) < 4.78 is 0. The summed E-state index contributed by atoms with van der Waals surface area (Å²) in [4.78, 5) is 26.0. The number of pyridine rings is 2. The van der Waals surface area contributed by atoms with Gasteiger partial charge in [-0.2, -0.15) is 0 Å². The Labute approximate surface area is 161 Å². The van der Waals surface area contributed by atoms with Crippen molar-refractivity contribution >= 4 is 5.91 Å². The van der Waals surface area contributed by atoms with Crippen LogP contribution in [0.15, 0.2) is 36.4 Å². The summed E-state index contributed by atoms with van der Waals surface area (Å²) in [6.45, 7) is 9.52. The van der Waals surface area contributed by atoms with Gasteiger partial charge in [0.05, 0.1) is 11.4 Å². The first-order chi connectivity index (χ1) is 13.1. The van der Waals surface area contributed by atoms with Gasteiger partial charge in [0.15, 0.2) is 0 Å². The predicted octanol–water partition coefficient (Wildman–Crippen LogP) is 1.92. The number of nitrogens with zero attached hydrogens (tertiary/aromatic N) is 4. The molecule has 1 aliphatic heterocycles. The van der Waals surface area contributed by atoms with Crippen LogP contribution < -0.4 is 5.32 Å². The summed E-state index contributed by atoms with van der Waals surface area (Å²) in [5, 5.41) is 3.29. The maximum atomic E-state index is 12.6. The van der Waals surface area contributed by atoms with E-state index in [2.05, 4.69) is 20.2 Å². The van der Waals surface area contributed by atoms with Crippen molar-refractivity contribution in [1.82, 2.24) is 25.1 Å². The second kappa shape index (κ2) is 9.58. The van der Waals surface area contributed by atoms with Gasteiger partial charge < -0.3 is 10.2 Å². The molecule has 2 aromatic heterocycles. The molecule has 0 saturated carbocycles. The molecule has 1 fully saturated rings. The molecular formula is C21H29N5O. The Kier molecular flexibility index (Phi) is 6.90. The van der Waals surface area contributed by atoms with Crippen LogP contribution in [0.2, 0.25) is 0 Å². The molecular weight excluding hydrogens is 338 g/mol. The standard InChI is InChI=1S/C21H29N5O/c1-17-5-3-7-19(23-17)15-25(16-20-8-4-6-18(2)24-20)12-9-21(27)26-13-10-22-11-14-26/h3-8,22H,9-16H2,1-2H3. The van der Waals surface area contributed by atoms with E-state index >= 15 is 0 Å². The van der Waals surface area contributed by atoms with Gasteiger partial charge in [0.1, 0.15) is 0 Å². The largest absolute Gasteiger partial charge is 0.340 e. The smallest absolute Gasteiger partial charge is 0.223 e. The van der Waals surface area contributed by atoms with Crippen molar-refractivity contribution in [3.05, 3.63) is 59.2 Å². The van der Waals surface area contributed by atoms with E-state index in [4.69, 9.17) is 0 Å². The molecule has 0 aromatic carbocycles. The maximum absolute atomic E-state index is 12.6. The van der Waals surface area contributed by atoms with E-state index < -0.39 is 0 Å². The van der Waals surface area contributed by atoms with Gasteiger partial charge in [-0.25, -0.2) is 0 Å². The molecule has 3 rings (SSSR count). The summed E-state index contributed by atoms with van der Waals surface area (Å²) >= 11 is 0. The average Bonchev–Trinajstić information content (AvgIpc) is 2.66. The van der Waals surface area contributed by atoms with Crippen molar-refractivity contribution in [2.24, 2.45) is 0 Å². The monoisotopic (exact) mass is 367 g/mol. The zero-order valence-corrected chi connectivity index (χ0v) is 16.3. The third-order valence-electron chi connectivity index (χ3n) is 4.77. The fourth-order valence-corrected chi connectivity index (χ4v) is 3.37. The minimum atomic E-state index is 0.232. The number of nitrogens with one attached hydrogen (secondary N) is 1. The molecule has 1 aliphatic rings. The van der Waals surface area contributed by atoms with Crippen molar-refractivity contribution in [3.8, 4) is 0 Å². The van der Waals surface area contributed by atoms with E-state index in [0.717, 1.165) is 49.0 Å². The molecule has 1 amide bonds. The zero-order chi connectivity index (χ0) is 19.1. The number of hydrogen-bond acceptors (Lipinski definition) is 5. The Morgan fingerprint density at radius 3 is 2.07 bits per heavy atom. The van der Waals surface area contributed by atoms with Crippen LogP contribution >= 0.6 is 0 Å². The molecule has 1 saturated heterocycles. The highest BCUT2D eigenvalue weighted by atomic mass is 16.2. The summed E-state index contributed by atoms with van der Waals surface area (Å²) in [6, 6.07) is 12.2. The van der Waals surface area contributed by atoms with Crippen LogP contribution in [0.1, 0.15) is 29.2 Å². The Hall–Kier alpha value is -2.31. The van der Waals surface area contributed by atoms with E-state index in [9.17, 15) is 4.79 Å². The van der Waals surface area contributed by atoms with Crippen LogP contribution in [-0.2, 0) is 17.9 Å². The lowest BCUT2D eigenvalue weighted by Gasteiger charge is -2.29. The fraction of sp³-hybridized carbons (Fsp3) is 0.476. The Morgan fingerprint density at radius 1 is 1.00 bits per heavy atom. The molecule has 1 N–H and O–H groups in total. The van der Waals surface area contributed by atoms with Gasteiger partial charge in [0, 0.05) is 63.6 Å². The summed E-state index contributed by atoms with van der Waals surface area (Å²) in [5.41, 5.74) is 4.07. The predicted molar refractivity (Wildman–Crippen MR) is 106 cm³/mol. The van der Waals surface area contributed by atoms with Gasteiger partial charge in [-0.05, 0) is 38.1 Å². The number of aromatic nitrogens is 2. The Bertz CT molecular complexity index is 710. The molecule has 0 atom stereocenters. The first-order valence-electron chi connectivity index (χ1n) is 9.66. The first kappa shape index (κ1) is 19.5. The third kappa shape index (κ3) is 6.12. The van der Waals surface area contributed by atoms with Crippen LogP contribution in [0.4, 0.5) is 0 Å². The third-order valence-corrected chi connectivity index (χ3v) is 4.77. The minimum absolute atomic E-state index is 0.232. The Balaban J connectivity index is 1.65. The maximum Gasteiger partial charge on any atom is 0.223 e. The minimum Gasteiger partial charge on any atom is -0.340 e. The van der Waals surface area contributed by atoms with E-state index in [1.165, 1.54) is 0 Å². The summed E-state index contributed by atoms with van der Waals surface area (Å²) in [7, 11) is 0. The van der Waals surface area contributed by atoms with Gasteiger partial charge in [0.25, 0.3) is 0 Å².